The molecule has 34 heavy (non-hydrogen) atoms. The van der Waals surface area contributed by atoms with E-state index in [9.17, 15) is 9.59 Å². The number of anilines is 2. The van der Waals surface area contributed by atoms with Gasteiger partial charge < -0.3 is 15.5 Å². The summed E-state index contributed by atoms with van der Waals surface area (Å²) in [5.41, 5.74) is 3.37. The molecule has 0 radical (unpaired) electrons. The summed E-state index contributed by atoms with van der Waals surface area (Å²) in [6.45, 7) is 10.4. The number of carbonyl (C=O) groups excluding carboxylic acids is 2. The number of aryl methyl sites for hydroxylation is 1. The van der Waals surface area contributed by atoms with Crippen LogP contribution in [0, 0.1) is 6.92 Å². The number of benzene rings is 2. The molecule has 0 aliphatic heterocycles. The molecule has 0 aliphatic carbocycles. The number of nitrogens with one attached hydrogen (secondary N) is 2. The lowest BCUT2D eigenvalue weighted by atomic mass is 9.92. The SMILES string of the molecule is CCN(CC(=O)Nc1cc(C(C)(C)C)nn1-c1ccc(C)cc1)C(=O)Nc1ccc(SC)cc1. The van der Waals surface area contributed by atoms with Gasteiger partial charge in [-0.2, -0.15) is 5.10 Å². The van der Waals surface area contributed by atoms with Crippen LogP contribution in [0.5, 0.6) is 0 Å². The average molecular weight is 480 g/mol. The van der Waals surface area contributed by atoms with Gasteiger partial charge in [0, 0.05) is 28.6 Å². The first-order valence-electron chi connectivity index (χ1n) is 11.3. The van der Waals surface area contributed by atoms with E-state index in [-0.39, 0.29) is 23.9 Å². The van der Waals surface area contributed by atoms with Crippen molar-refractivity contribution in [2.24, 2.45) is 0 Å². The van der Waals surface area contributed by atoms with E-state index in [4.69, 9.17) is 5.10 Å². The van der Waals surface area contributed by atoms with Gasteiger partial charge in [-0.15, -0.1) is 11.8 Å². The van der Waals surface area contributed by atoms with Crippen LogP contribution in [0.2, 0.25) is 0 Å². The maximum Gasteiger partial charge on any atom is 0.322 e. The number of thioether (sulfide) groups is 1. The van der Waals surface area contributed by atoms with E-state index in [2.05, 4.69) is 31.4 Å². The molecule has 0 fully saturated rings. The van der Waals surface area contributed by atoms with E-state index in [0.717, 1.165) is 21.8 Å². The lowest BCUT2D eigenvalue weighted by molar-refractivity contribution is -0.116. The fourth-order valence-corrected chi connectivity index (χ4v) is 3.69. The van der Waals surface area contributed by atoms with Crippen molar-refractivity contribution in [3.05, 3.63) is 65.9 Å². The van der Waals surface area contributed by atoms with Crippen LogP contribution in [0.25, 0.3) is 5.69 Å². The number of likely N-dealkylation sites (N-methyl/N-ethyl adjacent to an activating group) is 1. The molecule has 0 bridgehead atoms. The molecule has 3 rings (SSSR count). The molecule has 8 heteroatoms. The molecule has 3 aromatic rings. The van der Waals surface area contributed by atoms with Crippen LogP contribution >= 0.6 is 11.8 Å². The zero-order chi connectivity index (χ0) is 24.9. The van der Waals surface area contributed by atoms with Crippen molar-refractivity contribution in [3.8, 4) is 5.69 Å². The van der Waals surface area contributed by atoms with Crippen LogP contribution in [-0.2, 0) is 10.2 Å². The molecule has 0 atom stereocenters. The van der Waals surface area contributed by atoms with E-state index >= 15 is 0 Å². The van der Waals surface area contributed by atoms with Gasteiger partial charge in [-0.05, 0) is 56.5 Å². The number of carbonyl (C=O) groups is 2. The van der Waals surface area contributed by atoms with Gasteiger partial charge in [0.25, 0.3) is 0 Å². The fraction of sp³-hybridized carbons (Fsp3) is 0.346. The molecular weight excluding hydrogens is 446 g/mol. The van der Waals surface area contributed by atoms with Crippen LogP contribution in [0.3, 0.4) is 0 Å². The second kappa shape index (κ2) is 10.8. The molecule has 2 aromatic carbocycles. The van der Waals surface area contributed by atoms with Crippen molar-refractivity contribution in [1.82, 2.24) is 14.7 Å². The topological polar surface area (TPSA) is 79.3 Å². The van der Waals surface area contributed by atoms with E-state index in [1.807, 2.05) is 74.7 Å². The Morgan fingerprint density at radius 3 is 2.24 bits per heavy atom. The number of nitrogens with zero attached hydrogens (tertiary/aromatic N) is 3. The number of amides is 3. The molecule has 1 aromatic heterocycles. The third kappa shape index (κ3) is 6.41. The molecule has 1 heterocycles. The van der Waals surface area contributed by atoms with Gasteiger partial charge in [-0.1, -0.05) is 38.5 Å². The molecule has 3 amide bonds. The minimum atomic E-state index is -0.322. The number of hydrogen-bond acceptors (Lipinski definition) is 4. The molecule has 0 saturated heterocycles. The minimum absolute atomic E-state index is 0.0742. The summed E-state index contributed by atoms with van der Waals surface area (Å²) in [5, 5.41) is 10.6. The Balaban J connectivity index is 1.74. The predicted molar refractivity (Wildman–Crippen MR) is 140 cm³/mol. The first kappa shape index (κ1) is 25.4. The van der Waals surface area contributed by atoms with Crippen LogP contribution in [0.4, 0.5) is 16.3 Å². The smallest absolute Gasteiger partial charge is 0.315 e. The maximum atomic E-state index is 12.9. The molecule has 0 unspecified atom stereocenters. The van der Waals surface area contributed by atoms with Crippen molar-refractivity contribution in [1.29, 1.82) is 0 Å². The number of aromatic nitrogens is 2. The monoisotopic (exact) mass is 479 g/mol. The van der Waals surface area contributed by atoms with E-state index in [1.54, 1.807) is 16.4 Å². The third-order valence-electron chi connectivity index (χ3n) is 5.37. The maximum absolute atomic E-state index is 12.9. The molecular formula is C26H33N5O2S. The van der Waals surface area contributed by atoms with Crippen molar-refractivity contribution in [2.75, 3.05) is 30.0 Å². The normalized spacial score (nSPS) is 11.2. The predicted octanol–water partition coefficient (Wildman–Crippen LogP) is 5.69. The zero-order valence-electron chi connectivity index (χ0n) is 20.7. The first-order chi connectivity index (χ1) is 16.1. The van der Waals surface area contributed by atoms with E-state index in [0.29, 0.717) is 18.1 Å². The van der Waals surface area contributed by atoms with Crippen LogP contribution in [0.15, 0.2) is 59.5 Å². The number of urea groups is 1. The third-order valence-corrected chi connectivity index (χ3v) is 6.11. The second-order valence-electron chi connectivity index (χ2n) is 9.13. The van der Waals surface area contributed by atoms with Crippen molar-refractivity contribution in [3.63, 3.8) is 0 Å². The summed E-state index contributed by atoms with van der Waals surface area (Å²) in [4.78, 5) is 28.3. The Morgan fingerprint density at radius 1 is 1.03 bits per heavy atom. The molecule has 0 aliphatic rings. The highest BCUT2D eigenvalue weighted by atomic mass is 32.2. The second-order valence-corrected chi connectivity index (χ2v) is 10.0. The van der Waals surface area contributed by atoms with Gasteiger partial charge in [0.05, 0.1) is 11.4 Å². The lowest BCUT2D eigenvalue weighted by Crippen LogP contribution is -2.40. The van der Waals surface area contributed by atoms with Crippen LogP contribution < -0.4 is 10.6 Å². The summed E-state index contributed by atoms with van der Waals surface area (Å²) in [7, 11) is 0. The summed E-state index contributed by atoms with van der Waals surface area (Å²) in [6, 6.07) is 17.1. The Hall–Kier alpha value is -3.26. The molecule has 0 saturated carbocycles. The first-order valence-corrected chi connectivity index (χ1v) is 12.5. The molecule has 7 nitrogen and oxygen atoms in total. The summed E-state index contributed by atoms with van der Waals surface area (Å²) >= 11 is 1.64. The highest BCUT2D eigenvalue weighted by Crippen LogP contribution is 2.26. The molecule has 180 valence electrons. The minimum Gasteiger partial charge on any atom is -0.315 e. The number of rotatable bonds is 7. The summed E-state index contributed by atoms with van der Waals surface area (Å²) in [6.07, 6.45) is 2.00. The highest BCUT2D eigenvalue weighted by Gasteiger charge is 2.23. The molecule has 0 spiro atoms. The Labute approximate surface area is 205 Å². The van der Waals surface area contributed by atoms with Gasteiger partial charge in [-0.3, -0.25) is 4.79 Å². The van der Waals surface area contributed by atoms with Crippen LogP contribution in [0.1, 0.15) is 39.0 Å². The summed E-state index contributed by atoms with van der Waals surface area (Å²) < 4.78 is 1.74. The largest absolute Gasteiger partial charge is 0.322 e. The lowest BCUT2D eigenvalue weighted by Gasteiger charge is -2.21. The van der Waals surface area contributed by atoms with E-state index < -0.39 is 0 Å². The standard InChI is InChI=1S/C26H33N5O2S/c1-7-30(25(33)27-19-10-14-21(34-6)15-11-19)17-24(32)28-23-16-22(26(3,4)5)29-31(23)20-12-8-18(2)9-13-20/h8-16H,7,17H2,1-6H3,(H,27,33)(H,28,32). The van der Waals surface area contributed by atoms with Gasteiger partial charge in [0.15, 0.2) is 0 Å². The quantitative estimate of drug-likeness (QED) is 0.427. The van der Waals surface area contributed by atoms with Crippen molar-refractivity contribution in [2.45, 2.75) is 44.9 Å². The zero-order valence-corrected chi connectivity index (χ0v) is 21.5. The Morgan fingerprint density at radius 2 is 1.68 bits per heavy atom. The van der Waals surface area contributed by atoms with Crippen molar-refractivity contribution >= 4 is 35.2 Å². The highest BCUT2D eigenvalue weighted by molar-refractivity contribution is 7.98. The number of hydrogen-bond donors (Lipinski definition) is 2. The van der Waals surface area contributed by atoms with Gasteiger partial charge >= 0.3 is 6.03 Å². The summed E-state index contributed by atoms with van der Waals surface area (Å²) in [5.74, 6) is 0.284. The Bertz CT molecular complexity index is 1130. The van der Waals surface area contributed by atoms with Gasteiger partial charge in [0.1, 0.15) is 12.4 Å². The van der Waals surface area contributed by atoms with Gasteiger partial charge in [-0.25, -0.2) is 9.48 Å². The molecule has 2 N–H and O–H groups in total. The Kier molecular flexibility index (Phi) is 8.04. The fourth-order valence-electron chi connectivity index (χ4n) is 3.28. The average Bonchev–Trinajstić information content (AvgIpc) is 3.22. The van der Waals surface area contributed by atoms with Crippen molar-refractivity contribution < 1.29 is 9.59 Å². The van der Waals surface area contributed by atoms with Gasteiger partial charge in [0.2, 0.25) is 5.91 Å². The van der Waals surface area contributed by atoms with Crippen LogP contribution in [-0.4, -0.2) is 46.0 Å². The van der Waals surface area contributed by atoms with E-state index in [1.165, 1.54) is 4.90 Å².